The second-order valence-electron chi connectivity index (χ2n) is 3.77. The summed E-state index contributed by atoms with van der Waals surface area (Å²) in [5.41, 5.74) is -2.41. The maximum Gasteiger partial charge on any atom is 0.281 e. The average molecular weight is 216 g/mol. The van der Waals surface area contributed by atoms with Gasteiger partial charge in [0.1, 0.15) is 0 Å². The van der Waals surface area contributed by atoms with Gasteiger partial charge in [0.2, 0.25) is 0 Å². The first kappa shape index (κ1) is 23.5. The number of hydrogen-bond acceptors (Lipinski definition) is 0. The predicted molar refractivity (Wildman–Crippen MR) is 59.8 cm³/mol. The fraction of sp³-hybridized carbons (Fsp3) is 1.00. The van der Waals surface area contributed by atoms with Gasteiger partial charge in [0.25, 0.3) is 5.92 Å². The van der Waals surface area contributed by atoms with Crippen LogP contribution < -0.4 is 0 Å². The minimum absolute atomic E-state index is 0. The molecule has 0 amide bonds. The van der Waals surface area contributed by atoms with Crippen molar-refractivity contribution in [3.05, 3.63) is 0 Å². The van der Waals surface area contributed by atoms with Crippen LogP contribution in [0.4, 0.5) is 13.2 Å². The van der Waals surface area contributed by atoms with Gasteiger partial charge in [0.15, 0.2) is 5.67 Å². The molecule has 14 heavy (non-hydrogen) atoms. The third-order valence-electron chi connectivity index (χ3n) is 1.53. The molecule has 0 aromatic rings. The van der Waals surface area contributed by atoms with E-state index in [0.717, 1.165) is 13.8 Å². The molecule has 0 bridgehead atoms. The van der Waals surface area contributed by atoms with Gasteiger partial charge in [-0.05, 0) is 19.8 Å². The Hall–Kier alpha value is -0.210. The molecule has 0 rings (SSSR count). The third-order valence-corrected chi connectivity index (χ3v) is 1.53. The predicted octanol–water partition coefficient (Wildman–Crippen LogP) is 5.32. The van der Waals surface area contributed by atoms with Gasteiger partial charge in [-0.2, -0.15) is 0 Å². The van der Waals surface area contributed by atoms with Crippen molar-refractivity contribution in [2.45, 2.75) is 68.0 Å². The third kappa shape index (κ3) is 7.22. The van der Waals surface area contributed by atoms with Crippen LogP contribution in [0.3, 0.4) is 0 Å². The van der Waals surface area contributed by atoms with Crippen LogP contribution in [-0.2, 0) is 0 Å². The van der Waals surface area contributed by atoms with Crippen molar-refractivity contribution in [2.75, 3.05) is 0 Å². The van der Waals surface area contributed by atoms with Gasteiger partial charge in [-0.15, -0.1) is 0 Å². The molecule has 0 atom stereocenters. The molecule has 0 aliphatic carbocycles. The zero-order chi connectivity index (χ0) is 9.28. The Morgan fingerprint density at radius 2 is 1.21 bits per heavy atom. The maximum atomic E-state index is 12.8. The van der Waals surface area contributed by atoms with E-state index in [-0.39, 0.29) is 28.2 Å². The van der Waals surface area contributed by atoms with Gasteiger partial charge in [-0.1, -0.05) is 36.1 Å². The Morgan fingerprint density at radius 3 is 1.29 bits per heavy atom. The van der Waals surface area contributed by atoms with Crippen molar-refractivity contribution < 1.29 is 13.2 Å². The highest BCUT2D eigenvalue weighted by Crippen LogP contribution is 2.36. The number of alkyl halides is 3. The molecule has 0 spiro atoms. The summed E-state index contributed by atoms with van der Waals surface area (Å²) in [6.45, 7) is 5.13. The topological polar surface area (TPSA) is 0 Å². The Bertz CT molecular complexity index is 123. The Kier molecular flexibility index (Phi) is 12.0. The molecule has 92 valence electrons. The van der Waals surface area contributed by atoms with E-state index in [4.69, 9.17) is 0 Å². The zero-order valence-electron chi connectivity index (χ0n) is 7.42. The van der Waals surface area contributed by atoms with Crippen LogP contribution in [0.5, 0.6) is 0 Å². The van der Waals surface area contributed by atoms with E-state index in [1.54, 1.807) is 13.8 Å². The summed E-state index contributed by atoms with van der Waals surface area (Å²) in [5, 5.41) is 0. The first-order valence-corrected chi connectivity index (χ1v) is 3.73. The van der Waals surface area contributed by atoms with E-state index in [9.17, 15) is 13.2 Å². The molecule has 0 heterocycles. The Labute approximate surface area is 87.9 Å². The van der Waals surface area contributed by atoms with Crippen LogP contribution in [-0.4, -0.2) is 11.6 Å². The number of hydrogen-bond donors (Lipinski definition) is 0. The lowest BCUT2D eigenvalue weighted by molar-refractivity contribution is -0.131. The first-order valence-electron chi connectivity index (χ1n) is 3.73. The summed E-state index contributed by atoms with van der Waals surface area (Å²) >= 11 is 0. The Balaban J connectivity index is -0.000000167. The highest BCUT2D eigenvalue weighted by molar-refractivity contribution is 4.85. The van der Waals surface area contributed by atoms with E-state index in [1.807, 2.05) is 0 Å². The largest absolute Gasteiger partial charge is 0.281 e. The van der Waals surface area contributed by atoms with Gasteiger partial charge in [0, 0.05) is 6.42 Å². The van der Waals surface area contributed by atoms with Crippen LogP contribution in [0.2, 0.25) is 0 Å². The van der Waals surface area contributed by atoms with Gasteiger partial charge in [0.05, 0.1) is 0 Å². The summed E-state index contributed by atoms with van der Waals surface area (Å²) in [6, 6.07) is 0. The molecule has 3 heteroatoms. The van der Waals surface area contributed by atoms with Crippen molar-refractivity contribution in [1.29, 1.82) is 0 Å². The minimum Gasteiger partial charge on any atom is -0.238 e. The van der Waals surface area contributed by atoms with Crippen LogP contribution in [0.1, 0.15) is 56.4 Å². The highest BCUT2D eigenvalue weighted by Gasteiger charge is 2.47. The maximum absolute atomic E-state index is 12.8. The van der Waals surface area contributed by atoms with Gasteiger partial charge >= 0.3 is 0 Å². The van der Waals surface area contributed by atoms with Gasteiger partial charge < -0.3 is 0 Å². The first-order chi connectivity index (χ1) is 4.67. The standard InChI is InChI=1S/C8H15F3.3CH4/c1-6(2)5-8(10,11)7(3,4)9;;;/h6H,5H2,1-4H3;3*1H4. The second kappa shape index (κ2) is 7.13. The number of rotatable bonds is 3. The second-order valence-corrected chi connectivity index (χ2v) is 3.77. The SMILES string of the molecule is C.C.C.CC(C)CC(F)(F)C(C)(C)F. The van der Waals surface area contributed by atoms with Crippen molar-refractivity contribution in [2.24, 2.45) is 5.92 Å². The van der Waals surface area contributed by atoms with E-state index in [0.29, 0.717) is 0 Å². The molecule has 0 unspecified atom stereocenters. The van der Waals surface area contributed by atoms with Gasteiger partial charge in [-0.25, -0.2) is 13.2 Å². The lowest BCUT2D eigenvalue weighted by atomic mass is 9.94. The highest BCUT2D eigenvalue weighted by atomic mass is 19.3. The molecule has 0 aliphatic rings. The van der Waals surface area contributed by atoms with E-state index in [1.165, 1.54) is 0 Å². The summed E-state index contributed by atoms with van der Waals surface area (Å²) < 4.78 is 38.4. The monoisotopic (exact) mass is 216 g/mol. The molecular weight excluding hydrogens is 189 g/mol. The van der Waals surface area contributed by atoms with E-state index < -0.39 is 18.0 Å². The molecule has 0 N–H and O–H groups in total. The van der Waals surface area contributed by atoms with E-state index in [2.05, 4.69) is 0 Å². The smallest absolute Gasteiger partial charge is 0.238 e. The molecule has 0 nitrogen and oxygen atoms in total. The Morgan fingerprint density at radius 1 is 0.929 bits per heavy atom. The molecule has 0 saturated heterocycles. The molecule has 0 aliphatic heterocycles. The molecule has 0 aromatic carbocycles. The van der Waals surface area contributed by atoms with Crippen LogP contribution in [0.15, 0.2) is 0 Å². The quantitative estimate of drug-likeness (QED) is 0.598. The number of halogens is 3. The zero-order valence-corrected chi connectivity index (χ0v) is 7.42. The molecule has 0 fully saturated rings. The average Bonchev–Trinajstić information content (AvgIpc) is 1.56. The normalized spacial score (nSPS) is 11.1. The van der Waals surface area contributed by atoms with Gasteiger partial charge in [-0.3, -0.25) is 0 Å². The van der Waals surface area contributed by atoms with Crippen LogP contribution in [0.25, 0.3) is 0 Å². The molecule has 0 aromatic heterocycles. The van der Waals surface area contributed by atoms with Crippen molar-refractivity contribution in [3.8, 4) is 0 Å². The fourth-order valence-electron chi connectivity index (χ4n) is 0.755. The summed E-state index contributed by atoms with van der Waals surface area (Å²) in [6.07, 6.45) is -0.392. The van der Waals surface area contributed by atoms with Crippen LogP contribution in [0, 0.1) is 5.92 Å². The van der Waals surface area contributed by atoms with E-state index >= 15 is 0 Å². The lowest BCUT2D eigenvalue weighted by Gasteiger charge is -2.27. The molecular formula is C11H27F3. The van der Waals surface area contributed by atoms with Crippen molar-refractivity contribution in [3.63, 3.8) is 0 Å². The summed E-state index contributed by atoms with van der Waals surface area (Å²) in [4.78, 5) is 0. The summed E-state index contributed by atoms with van der Waals surface area (Å²) in [5.74, 6) is -3.39. The molecule has 0 radical (unpaired) electrons. The molecule has 0 saturated carbocycles. The fourth-order valence-corrected chi connectivity index (χ4v) is 0.755. The minimum atomic E-state index is -3.21. The van der Waals surface area contributed by atoms with Crippen LogP contribution >= 0.6 is 0 Å². The summed E-state index contributed by atoms with van der Waals surface area (Å²) in [7, 11) is 0. The lowest BCUT2D eigenvalue weighted by Crippen LogP contribution is -2.39. The van der Waals surface area contributed by atoms with Crippen molar-refractivity contribution >= 4 is 0 Å². The van der Waals surface area contributed by atoms with Crippen molar-refractivity contribution in [1.82, 2.24) is 0 Å².